The minimum atomic E-state index is 0.0567. The van der Waals surface area contributed by atoms with Crippen molar-refractivity contribution in [2.75, 3.05) is 7.05 Å². The van der Waals surface area contributed by atoms with Crippen LogP contribution in [-0.2, 0) is 6.42 Å². The lowest BCUT2D eigenvalue weighted by atomic mass is 9.75. The number of carbonyl (C=O) groups is 1. The first-order valence-electron chi connectivity index (χ1n) is 11.9. The number of Topliss-reactive ketones (excluding diaryl/α,β-unsaturated/α-hetero) is 1. The van der Waals surface area contributed by atoms with Gasteiger partial charge in [-0.2, -0.15) is 0 Å². The summed E-state index contributed by atoms with van der Waals surface area (Å²) in [6.45, 7) is 1.84. The van der Waals surface area contributed by atoms with Gasteiger partial charge in [-0.1, -0.05) is 18.1 Å². The predicted molar refractivity (Wildman–Crippen MR) is 146 cm³/mol. The number of aromatic hydroxyl groups is 1. The molecule has 0 spiro atoms. The van der Waals surface area contributed by atoms with Gasteiger partial charge in [0.15, 0.2) is 11.7 Å². The van der Waals surface area contributed by atoms with Crippen LogP contribution in [-0.4, -0.2) is 29.9 Å². The van der Waals surface area contributed by atoms with Gasteiger partial charge in [0, 0.05) is 28.8 Å². The Labute approximate surface area is 215 Å². The second-order valence-corrected chi connectivity index (χ2v) is 11.1. The van der Waals surface area contributed by atoms with Gasteiger partial charge in [-0.15, -0.1) is 28.6 Å². The van der Waals surface area contributed by atoms with Gasteiger partial charge < -0.3 is 16.2 Å². The van der Waals surface area contributed by atoms with Crippen molar-refractivity contribution in [1.82, 2.24) is 5.32 Å². The topological polar surface area (TPSA) is 87.7 Å². The van der Waals surface area contributed by atoms with E-state index in [0.717, 1.165) is 57.2 Å². The first-order valence-corrected chi connectivity index (χ1v) is 13.5. The Hall–Kier alpha value is -3.08. The summed E-state index contributed by atoms with van der Waals surface area (Å²) in [6.07, 6.45) is 4.38. The lowest BCUT2D eigenvalue weighted by Crippen LogP contribution is -2.46. The minimum absolute atomic E-state index is 0.0567. The molecule has 1 fully saturated rings. The van der Waals surface area contributed by atoms with E-state index in [-0.39, 0.29) is 23.5 Å². The van der Waals surface area contributed by atoms with E-state index < -0.39 is 0 Å². The van der Waals surface area contributed by atoms with E-state index in [9.17, 15) is 9.90 Å². The highest BCUT2D eigenvalue weighted by molar-refractivity contribution is 7.23. The molecule has 1 saturated carbocycles. The third-order valence-corrected chi connectivity index (χ3v) is 8.89. The fourth-order valence-corrected chi connectivity index (χ4v) is 6.80. The van der Waals surface area contributed by atoms with E-state index >= 15 is 0 Å². The molecule has 2 aromatic heterocycles. The minimum Gasteiger partial charge on any atom is -0.508 e. The van der Waals surface area contributed by atoms with Crippen LogP contribution in [0, 0.1) is 23.7 Å². The molecule has 7 heteroatoms. The van der Waals surface area contributed by atoms with Crippen LogP contribution in [0.2, 0.25) is 0 Å². The van der Waals surface area contributed by atoms with Gasteiger partial charge in [-0.3, -0.25) is 9.79 Å². The number of ketones is 1. The average molecular weight is 506 g/mol. The maximum Gasteiger partial charge on any atom is 0.188 e. The number of nitrogens with two attached hydrogens (primary N) is 1. The number of nitrogens with one attached hydrogen (secondary N) is 1. The highest BCUT2D eigenvalue weighted by Crippen LogP contribution is 2.38. The lowest BCUT2D eigenvalue weighted by Gasteiger charge is -2.34. The van der Waals surface area contributed by atoms with Crippen LogP contribution in [0.25, 0.3) is 9.75 Å². The normalized spacial score (nSPS) is 19.0. The molecule has 1 atom stereocenters. The van der Waals surface area contributed by atoms with Crippen LogP contribution in [0.4, 0.5) is 0 Å². The van der Waals surface area contributed by atoms with Gasteiger partial charge in [0.1, 0.15) is 5.75 Å². The number of hydrogen-bond donors (Lipinski definition) is 3. The Morgan fingerprint density at radius 1 is 1.14 bits per heavy atom. The largest absolute Gasteiger partial charge is 0.508 e. The van der Waals surface area contributed by atoms with Crippen molar-refractivity contribution in [3.63, 3.8) is 0 Å². The molecule has 3 aromatic rings. The number of phenolic OH excluding ortho intramolecular Hbond substituents is 1. The number of rotatable bonds is 7. The maximum absolute atomic E-state index is 13.3. The molecule has 1 aliphatic carbocycles. The zero-order valence-electron chi connectivity index (χ0n) is 20.1. The quantitative estimate of drug-likeness (QED) is 0.167. The fraction of sp³-hybridized carbons (Fsp3) is 0.357. The van der Waals surface area contributed by atoms with E-state index in [1.165, 1.54) is 0 Å². The van der Waals surface area contributed by atoms with Gasteiger partial charge in [-0.05, 0) is 86.9 Å². The molecule has 0 aliphatic heterocycles. The molecule has 35 heavy (non-hydrogen) atoms. The summed E-state index contributed by atoms with van der Waals surface area (Å²) in [6, 6.07) is 15.6. The van der Waals surface area contributed by atoms with Crippen molar-refractivity contribution in [3.05, 3.63) is 63.8 Å². The molecule has 0 amide bonds. The van der Waals surface area contributed by atoms with Crippen molar-refractivity contribution >= 4 is 34.4 Å². The number of thiophene rings is 2. The van der Waals surface area contributed by atoms with Crippen LogP contribution in [0.5, 0.6) is 5.75 Å². The summed E-state index contributed by atoms with van der Waals surface area (Å²) < 4.78 is 0. The Kier molecular flexibility index (Phi) is 8.27. The Balaban J connectivity index is 1.40. The number of carbonyl (C=O) groups excluding carboxylic acids is 1. The first kappa shape index (κ1) is 25.0. The average Bonchev–Trinajstić information content (AvgIpc) is 3.53. The molecule has 4 rings (SSSR count). The maximum atomic E-state index is 13.3. The van der Waals surface area contributed by atoms with Crippen molar-refractivity contribution in [2.24, 2.45) is 22.6 Å². The Bertz CT molecular complexity index is 1260. The highest BCUT2D eigenvalue weighted by atomic mass is 32.1. The van der Waals surface area contributed by atoms with Crippen LogP contribution < -0.4 is 11.1 Å². The lowest BCUT2D eigenvalue weighted by molar-refractivity contribution is 0.0867. The Morgan fingerprint density at radius 2 is 1.89 bits per heavy atom. The van der Waals surface area contributed by atoms with E-state index in [2.05, 4.69) is 34.3 Å². The van der Waals surface area contributed by atoms with Gasteiger partial charge in [0.2, 0.25) is 0 Å². The molecule has 2 heterocycles. The summed E-state index contributed by atoms with van der Waals surface area (Å²) in [5.41, 5.74) is 7.07. The van der Waals surface area contributed by atoms with Gasteiger partial charge in [-0.25, -0.2) is 0 Å². The summed E-state index contributed by atoms with van der Waals surface area (Å²) in [7, 11) is 1.67. The molecule has 0 bridgehead atoms. The van der Waals surface area contributed by atoms with Crippen LogP contribution in [0.1, 0.15) is 52.7 Å². The smallest absolute Gasteiger partial charge is 0.188 e. The van der Waals surface area contributed by atoms with Gasteiger partial charge >= 0.3 is 0 Å². The second-order valence-electron chi connectivity index (χ2n) is 8.91. The van der Waals surface area contributed by atoms with E-state index in [0.29, 0.717) is 11.9 Å². The van der Waals surface area contributed by atoms with Crippen LogP contribution in [0.3, 0.4) is 0 Å². The van der Waals surface area contributed by atoms with E-state index in [1.807, 2.05) is 31.2 Å². The molecule has 182 valence electrons. The molecule has 1 aliphatic rings. The highest BCUT2D eigenvalue weighted by Gasteiger charge is 2.32. The number of phenols is 1. The number of benzene rings is 1. The monoisotopic (exact) mass is 505 g/mol. The third-order valence-electron chi connectivity index (χ3n) is 6.60. The van der Waals surface area contributed by atoms with Crippen molar-refractivity contribution in [1.29, 1.82) is 0 Å². The van der Waals surface area contributed by atoms with Crippen LogP contribution >= 0.6 is 22.7 Å². The van der Waals surface area contributed by atoms with Crippen LogP contribution in [0.15, 0.2) is 53.5 Å². The molecule has 0 saturated heterocycles. The molecule has 5 nitrogen and oxygen atoms in total. The number of hydrogen-bond acceptors (Lipinski definition) is 5. The van der Waals surface area contributed by atoms with E-state index in [4.69, 9.17) is 5.73 Å². The first-order chi connectivity index (χ1) is 17.0. The zero-order valence-corrected chi connectivity index (χ0v) is 21.7. The summed E-state index contributed by atoms with van der Waals surface area (Å²) in [4.78, 5) is 21.5. The molecule has 4 N–H and O–H groups in total. The summed E-state index contributed by atoms with van der Waals surface area (Å²) >= 11 is 3.25. The van der Waals surface area contributed by atoms with Gasteiger partial charge in [0.25, 0.3) is 0 Å². The summed E-state index contributed by atoms with van der Waals surface area (Å²) in [5.74, 6) is 7.41. The van der Waals surface area contributed by atoms with Crippen molar-refractivity contribution in [3.8, 4) is 27.3 Å². The molecular formula is C28H31N3O2S2. The van der Waals surface area contributed by atoms with Crippen molar-refractivity contribution in [2.45, 2.75) is 45.1 Å². The van der Waals surface area contributed by atoms with E-state index in [1.54, 1.807) is 41.9 Å². The number of guanidine groups is 1. The Morgan fingerprint density at radius 3 is 2.60 bits per heavy atom. The second kappa shape index (κ2) is 11.6. The molecule has 1 aromatic carbocycles. The standard InChI is InChI=1S/C28H31N3O2S2/c1-3-5-22-12-13-24(34-22)25-14-15-26(35-25)27(33)20-10-8-19(9-11-20)23(31-28(29)30-2)17-18-6-4-7-21(32)16-18/h4,6-7,12-16,19-20,23,32H,8-11,17H2,1-2H3,(H3,29,30,31). The van der Waals surface area contributed by atoms with Gasteiger partial charge in [0.05, 0.1) is 9.75 Å². The molecular weight excluding hydrogens is 474 g/mol. The fourth-order valence-electron chi connectivity index (χ4n) is 4.78. The third kappa shape index (κ3) is 6.33. The number of nitrogens with zero attached hydrogens (tertiary/aromatic N) is 1. The van der Waals surface area contributed by atoms with Crippen molar-refractivity contribution < 1.29 is 9.90 Å². The number of aliphatic imine (C=N–C) groups is 1. The predicted octanol–water partition coefficient (Wildman–Crippen LogP) is 5.69. The molecule has 0 radical (unpaired) electrons. The molecule has 1 unspecified atom stereocenters. The SMILES string of the molecule is CC#Cc1ccc(-c2ccc(C(=O)C3CCC(C(Cc4cccc(O)c4)NC(N)=NC)CC3)s2)s1. The zero-order chi connectivity index (χ0) is 24.8. The summed E-state index contributed by atoms with van der Waals surface area (Å²) in [5, 5.41) is 13.2.